The molecule has 1 heterocycles. The van der Waals surface area contributed by atoms with Crippen molar-refractivity contribution in [2.45, 2.75) is 11.4 Å². The van der Waals surface area contributed by atoms with Crippen molar-refractivity contribution in [3.8, 4) is 0 Å². The monoisotopic (exact) mass is 422 g/mol. The van der Waals surface area contributed by atoms with E-state index in [2.05, 4.69) is 4.72 Å². The van der Waals surface area contributed by atoms with Gasteiger partial charge in [0.2, 0.25) is 10.0 Å². The lowest BCUT2D eigenvalue weighted by Gasteiger charge is -2.18. The predicted molar refractivity (Wildman–Crippen MR) is 109 cm³/mol. The van der Waals surface area contributed by atoms with Crippen LogP contribution in [0.15, 0.2) is 41.4 Å². The molecule has 2 aromatic rings. The SMILES string of the molecule is CNS(=O)(=O)c1cc(C(=O)OCC(=O)N(C)Cc2ccc(N(C)C)cc2)n(C)c1. The molecule has 29 heavy (non-hydrogen) atoms. The first kappa shape index (κ1) is 22.4. The van der Waals surface area contributed by atoms with Gasteiger partial charge in [-0.2, -0.15) is 0 Å². The topological polar surface area (TPSA) is 101 Å². The molecule has 2 rings (SSSR count). The first-order valence-electron chi connectivity index (χ1n) is 8.82. The van der Waals surface area contributed by atoms with Crippen molar-refractivity contribution in [3.63, 3.8) is 0 Å². The largest absolute Gasteiger partial charge is 0.451 e. The number of hydrogen-bond acceptors (Lipinski definition) is 6. The third-order valence-corrected chi connectivity index (χ3v) is 5.77. The minimum atomic E-state index is -3.68. The number of ether oxygens (including phenoxy) is 1. The maximum atomic E-state index is 12.3. The standard InChI is InChI=1S/C19H26N4O5S/c1-20-29(26,27)16-10-17(22(4)12-16)19(25)28-13-18(24)23(5)11-14-6-8-15(9-7-14)21(2)3/h6-10,12,20H,11,13H2,1-5H3. The Hall–Kier alpha value is -2.85. The van der Waals surface area contributed by atoms with Crippen molar-refractivity contribution in [1.82, 2.24) is 14.2 Å². The van der Waals surface area contributed by atoms with E-state index in [1.165, 1.54) is 35.8 Å². The second-order valence-corrected chi connectivity index (χ2v) is 8.65. The summed E-state index contributed by atoms with van der Waals surface area (Å²) in [4.78, 5) is 27.9. The minimum Gasteiger partial charge on any atom is -0.451 e. The molecule has 0 saturated heterocycles. The Morgan fingerprint density at radius 3 is 2.31 bits per heavy atom. The molecule has 1 N–H and O–H groups in total. The molecular formula is C19H26N4O5S. The number of nitrogens with zero attached hydrogens (tertiary/aromatic N) is 3. The summed E-state index contributed by atoms with van der Waals surface area (Å²) in [6.07, 6.45) is 1.30. The highest BCUT2D eigenvalue weighted by molar-refractivity contribution is 7.89. The molecule has 0 aliphatic carbocycles. The van der Waals surface area contributed by atoms with E-state index in [0.29, 0.717) is 6.54 Å². The lowest BCUT2D eigenvalue weighted by molar-refractivity contribution is -0.133. The Balaban J connectivity index is 1.95. The van der Waals surface area contributed by atoms with Crippen molar-refractivity contribution in [2.75, 3.05) is 39.7 Å². The van der Waals surface area contributed by atoms with Crippen LogP contribution in [0, 0.1) is 0 Å². The molecule has 0 atom stereocenters. The first-order chi connectivity index (χ1) is 13.5. The third-order valence-electron chi connectivity index (χ3n) is 4.39. The summed E-state index contributed by atoms with van der Waals surface area (Å²) in [5, 5.41) is 0. The zero-order valence-electron chi connectivity index (χ0n) is 17.2. The maximum Gasteiger partial charge on any atom is 0.355 e. The van der Waals surface area contributed by atoms with Crippen molar-refractivity contribution in [3.05, 3.63) is 47.8 Å². The van der Waals surface area contributed by atoms with Gasteiger partial charge < -0.3 is 19.1 Å². The number of benzene rings is 1. The van der Waals surface area contributed by atoms with Gasteiger partial charge in [-0.15, -0.1) is 0 Å². The minimum absolute atomic E-state index is 0.0357. The summed E-state index contributed by atoms with van der Waals surface area (Å²) in [6, 6.07) is 8.98. The van der Waals surface area contributed by atoms with Crippen LogP contribution in [0.3, 0.4) is 0 Å². The van der Waals surface area contributed by atoms with Crippen LogP contribution in [-0.2, 0) is 33.1 Å². The zero-order chi connectivity index (χ0) is 21.8. The normalized spacial score (nSPS) is 11.2. The Labute approximate surface area is 170 Å². The molecule has 0 radical (unpaired) electrons. The van der Waals surface area contributed by atoms with Gasteiger partial charge in [0.1, 0.15) is 10.6 Å². The zero-order valence-corrected chi connectivity index (χ0v) is 18.0. The Kier molecular flexibility index (Phi) is 7.04. The van der Waals surface area contributed by atoms with E-state index in [0.717, 1.165) is 11.3 Å². The molecule has 9 nitrogen and oxygen atoms in total. The smallest absolute Gasteiger partial charge is 0.355 e. The summed E-state index contributed by atoms with van der Waals surface area (Å²) in [5.41, 5.74) is 2.04. The van der Waals surface area contributed by atoms with E-state index < -0.39 is 22.6 Å². The highest BCUT2D eigenvalue weighted by Crippen LogP contribution is 2.15. The van der Waals surface area contributed by atoms with Crippen molar-refractivity contribution in [1.29, 1.82) is 0 Å². The molecule has 0 fully saturated rings. The van der Waals surface area contributed by atoms with Crippen LogP contribution in [-0.4, -0.2) is 64.6 Å². The second kappa shape index (κ2) is 9.10. The van der Waals surface area contributed by atoms with E-state index in [4.69, 9.17) is 4.74 Å². The predicted octanol–water partition coefficient (Wildman–Crippen LogP) is 0.815. The lowest BCUT2D eigenvalue weighted by Crippen LogP contribution is -2.31. The van der Waals surface area contributed by atoms with Crippen LogP contribution in [0.25, 0.3) is 0 Å². The van der Waals surface area contributed by atoms with Crippen LogP contribution in [0.4, 0.5) is 5.69 Å². The summed E-state index contributed by atoms with van der Waals surface area (Å²) in [7, 11) is 4.64. The van der Waals surface area contributed by atoms with Crippen molar-refractivity contribution in [2.24, 2.45) is 7.05 Å². The molecular weight excluding hydrogens is 396 g/mol. The summed E-state index contributed by atoms with van der Waals surface area (Å²) < 4.78 is 32.3. The molecule has 1 aromatic heterocycles. The number of sulfonamides is 1. The van der Waals surface area contributed by atoms with Crippen LogP contribution < -0.4 is 9.62 Å². The maximum absolute atomic E-state index is 12.3. The Bertz CT molecular complexity index is 981. The molecule has 1 aromatic carbocycles. The molecule has 0 unspecified atom stereocenters. The molecule has 0 spiro atoms. The van der Waals surface area contributed by atoms with Gasteiger partial charge in [0.05, 0.1) is 0 Å². The fraction of sp³-hybridized carbons (Fsp3) is 0.368. The highest BCUT2D eigenvalue weighted by atomic mass is 32.2. The van der Waals surface area contributed by atoms with E-state index in [1.807, 2.05) is 43.3 Å². The van der Waals surface area contributed by atoms with Gasteiger partial charge in [0.15, 0.2) is 6.61 Å². The van der Waals surface area contributed by atoms with Crippen molar-refractivity contribution < 1.29 is 22.7 Å². The number of likely N-dealkylation sites (N-methyl/N-ethyl adjacent to an activating group) is 1. The van der Waals surface area contributed by atoms with E-state index in [-0.39, 0.29) is 16.5 Å². The third kappa shape index (κ3) is 5.58. The number of amides is 1. The van der Waals surface area contributed by atoms with E-state index in [1.54, 1.807) is 7.05 Å². The Morgan fingerprint density at radius 1 is 1.14 bits per heavy atom. The average molecular weight is 423 g/mol. The molecule has 158 valence electrons. The molecule has 0 aliphatic heterocycles. The van der Waals surface area contributed by atoms with Gasteiger partial charge in [-0.1, -0.05) is 12.1 Å². The van der Waals surface area contributed by atoms with E-state index in [9.17, 15) is 18.0 Å². The van der Waals surface area contributed by atoms with Gasteiger partial charge in [-0.05, 0) is 30.8 Å². The van der Waals surface area contributed by atoms with Gasteiger partial charge in [-0.3, -0.25) is 4.79 Å². The van der Waals surface area contributed by atoms with Crippen molar-refractivity contribution >= 4 is 27.6 Å². The molecule has 1 amide bonds. The van der Waals surface area contributed by atoms with Crippen LogP contribution in [0.2, 0.25) is 0 Å². The number of aryl methyl sites for hydroxylation is 1. The molecule has 0 bridgehead atoms. The fourth-order valence-electron chi connectivity index (χ4n) is 2.57. The molecule has 10 heteroatoms. The average Bonchev–Trinajstić information content (AvgIpc) is 3.08. The summed E-state index contributed by atoms with van der Waals surface area (Å²) in [5.74, 6) is -1.14. The summed E-state index contributed by atoms with van der Waals surface area (Å²) >= 11 is 0. The van der Waals surface area contributed by atoms with Gasteiger partial charge in [-0.25, -0.2) is 17.9 Å². The van der Waals surface area contributed by atoms with Gasteiger partial charge >= 0.3 is 5.97 Å². The number of esters is 1. The quantitative estimate of drug-likeness (QED) is 0.632. The lowest BCUT2D eigenvalue weighted by atomic mass is 10.2. The molecule has 0 aliphatic rings. The summed E-state index contributed by atoms with van der Waals surface area (Å²) in [6.45, 7) is -0.0663. The van der Waals surface area contributed by atoms with E-state index >= 15 is 0 Å². The number of nitrogens with one attached hydrogen (secondary N) is 1. The number of anilines is 1. The number of hydrogen-bond donors (Lipinski definition) is 1. The molecule has 0 saturated carbocycles. The van der Waals surface area contributed by atoms with Crippen LogP contribution in [0.1, 0.15) is 16.1 Å². The van der Waals surface area contributed by atoms with Crippen LogP contribution in [0.5, 0.6) is 0 Å². The fourth-order valence-corrected chi connectivity index (χ4v) is 3.37. The van der Waals surface area contributed by atoms with Crippen LogP contribution >= 0.6 is 0 Å². The highest BCUT2D eigenvalue weighted by Gasteiger charge is 2.21. The first-order valence-corrected chi connectivity index (χ1v) is 10.3. The Morgan fingerprint density at radius 2 is 1.76 bits per heavy atom. The number of carbonyl (C=O) groups excluding carboxylic acids is 2. The number of carbonyl (C=O) groups is 2. The second-order valence-electron chi connectivity index (χ2n) is 6.77. The van der Waals surface area contributed by atoms with Gasteiger partial charge in [0.25, 0.3) is 5.91 Å². The number of aromatic nitrogens is 1. The van der Waals surface area contributed by atoms with Gasteiger partial charge in [0, 0.05) is 46.6 Å². The number of rotatable bonds is 8.